The Bertz CT molecular complexity index is 895. The van der Waals surface area contributed by atoms with Crippen LogP contribution in [0.15, 0.2) is 36.7 Å². The van der Waals surface area contributed by atoms with Gasteiger partial charge in [-0.05, 0) is 38.0 Å². The number of fused-ring (bicyclic) bond motifs is 1. The van der Waals surface area contributed by atoms with Crippen molar-refractivity contribution in [1.29, 1.82) is 0 Å². The lowest BCUT2D eigenvalue weighted by Crippen LogP contribution is -2.28. The SMILES string of the molecule is Cc1cc(-c2cc3cnc(N(C)C(=O)C4CC4)cc3[nH]2)ccn1. The zero-order valence-corrected chi connectivity index (χ0v) is 13.2. The summed E-state index contributed by atoms with van der Waals surface area (Å²) in [5.74, 6) is 1.04. The highest BCUT2D eigenvalue weighted by Crippen LogP contribution is 2.32. The zero-order chi connectivity index (χ0) is 16.0. The number of aryl methyl sites for hydroxylation is 1. The van der Waals surface area contributed by atoms with E-state index in [1.165, 1.54) is 0 Å². The third-order valence-corrected chi connectivity index (χ3v) is 4.30. The summed E-state index contributed by atoms with van der Waals surface area (Å²) in [6.45, 7) is 1.98. The number of anilines is 1. The molecule has 1 N–H and O–H groups in total. The lowest BCUT2D eigenvalue weighted by Gasteiger charge is -2.15. The van der Waals surface area contributed by atoms with Crippen molar-refractivity contribution in [3.8, 4) is 11.3 Å². The van der Waals surface area contributed by atoms with E-state index in [0.29, 0.717) is 5.82 Å². The minimum absolute atomic E-state index is 0.161. The second-order valence-corrected chi connectivity index (χ2v) is 6.17. The Morgan fingerprint density at radius 1 is 1.26 bits per heavy atom. The van der Waals surface area contributed by atoms with Gasteiger partial charge in [0, 0.05) is 53.8 Å². The zero-order valence-electron chi connectivity index (χ0n) is 13.2. The van der Waals surface area contributed by atoms with Crippen molar-refractivity contribution in [3.05, 3.63) is 42.4 Å². The fraction of sp³-hybridized carbons (Fsp3) is 0.278. The number of carbonyl (C=O) groups excluding carboxylic acids is 1. The van der Waals surface area contributed by atoms with Crippen molar-refractivity contribution in [2.45, 2.75) is 19.8 Å². The Morgan fingerprint density at radius 3 is 2.83 bits per heavy atom. The van der Waals surface area contributed by atoms with Gasteiger partial charge in [0.05, 0.1) is 5.52 Å². The van der Waals surface area contributed by atoms with Crippen LogP contribution < -0.4 is 4.90 Å². The highest BCUT2D eigenvalue weighted by atomic mass is 16.2. The minimum atomic E-state index is 0.161. The molecular formula is C18H18N4O. The highest BCUT2D eigenvalue weighted by molar-refractivity contribution is 5.97. The molecule has 0 bridgehead atoms. The summed E-state index contributed by atoms with van der Waals surface area (Å²) < 4.78 is 0. The molecule has 3 aromatic heterocycles. The fourth-order valence-electron chi connectivity index (χ4n) is 2.78. The van der Waals surface area contributed by atoms with Crippen LogP contribution in [0.3, 0.4) is 0 Å². The first-order chi connectivity index (χ1) is 11.1. The molecule has 0 aliphatic heterocycles. The quantitative estimate of drug-likeness (QED) is 0.807. The molecule has 1 aliphatic rings. The lowest BCUT2D eigenvalue weighted by atomic mass is 10.2. The second-order valence-electron chi connectivity index (χ2n) is 6.17. The first kappa shape index (κ1) is 13.9. The molecule has 0 aromatic carbocycles. The molecule has 1 aliphatic carbocycles. The molecule has 0 atom stereocenters. The molecule has 1 fully saturated rings. The molecule has 23 heavy (non-hydrogen) atoms. The Balaban J connectivity index is 1.70. The van der Waals surface area contributed by atoms with Crippen molar-refractivity contribution in [1.82, 2.24) is 15.0 Å². The number of aromatic amines is 1. The van der Waals surface area contributed by atoms with Gasteiger partial charge in [0.15, 0.2) is 0 Å². The van der Waals surface area contributed by atoms with Crippen molar-refractivity contribution >= 4 is 22.6 Å². The van der Waals surface area contributed by atoms with Gasteiger partial charge in [0.2, 0.25) is 5.91 Å². The summed E-state index contributed by atoms with van der Waals surface area (Å²) in [6, 6.07) is 8.04. The monoisotopic (exact) mass is 306 g/mol. The summed E-state index contributed by atoms with van der Waals surface area (Å²) >= 11 is 0. The average Bonchev–Trinajstić information content (AvgIpc) is 3.31. The lowest BCUT2D eigenvalue weighted by molar-refractivity contribution is -0.119. The topological polar surface area (TPSA) is 61.9 Å². The highest BCUT2D eigenvalue weighted by Gasteiger charge is 2.32. The number of hydrogen-bond donors (Lipinski definition) is 1. The number of pyridine rings is 2. The van der Waals surface area contributed by atoms with Gasteiger partial charge in [-0.3, -0.25) is 14.7 Å². The second kappa shape index (κ2) is 5.19. The van der Waals surface area contributed by atoms with E-state index in [2.05, 4.69) is 21.0 Å². The van der Waals surface area contributed by atoms with Crippen molar-refractivity contribution < 1.29 is 4.79 Å². The summed E-state index contributed by atoms with van der Waals surface area (Å²) in [5.41, 5.74) is 4.09. The number of H-pyrrole nitrogens is 1. The van der Waals surface area contributed by atoms with Gasteiger partial charge >= 0.3 is 0 Å². The molecule has 3 aromatic rings. The normalized spacial score (nSPS) is 14.2. The standard InChI is InChI=1S/C18H18N4O/c1-11-7-13(5-6-19-11)15-8-14-10-20-17(9-16(14)21-15)22(2)18(23)12-3-4-12/h5-10,12,21H,3-4H2,1-2H3. The van der Waals surface area contributed by atoms with Crippen LogP contribution in [0.2, 0.25) is 0 Å². The fourth-order valence-corrected chi connectivity index (χ4v) is 2.78. The largest absolute Gasteiger partial charge is 0.354 e. The molecule has 116 valence electrons. The van der Waals surface area contributed by atoms with Crippen LogP contribution in [0.25, 0.3) is 22.2 Å². The molecule has 5 nitrogen and oxygen atoms in total. The molecule has 3 heterocycles. The number of nitrogens with one attached hydrogen (secondary N) is 1. The smallest absolute Gasteiger partial charge is 0.230 e. The minimum Gasteiger partial charge on any atom is -0.354 e. The maximum atomic E-state index is 12.2. The molecule has 5 heteroatoms. The van der Waals surface area contributed by atoms with E-state index in [0.717, 1.165) is 40.7 Å². The number of amides is 1. The van der Waals surface area contributed by atoms with E-state index in [1.54, 1.807) is 11.9 Å². The molecule has 0 saturated heterocycles. The summed E-state index contributed by atoms with van der Waals surface area (Å²) in [4.78, 5) is 25.9. The van der Waals surface area contributed by atoms with E-state index >= 15 is 0 Å². The number of nitrogens with zero attached hydrogens (tertiary/aromatic N) is 3. The maximum absolute atomic E-state index is 12.2. The molecule has 1 saturated carbocycles. The third-order valence-electron chi connectivity index (χ3n) is 4.30. The van der Waals surface area contributed by atoms with E-state index < -0.39 is 0 Å². The third kappa shape index (κ3) is 2.59. The Hall–Kier alpha value is -2.69. The van der Waals surface area contributed by atoms with Gasteiger partial charge in [-0.15, -0.1) is 0 Å². The van der Waals surface area contributed by atoms with Crippen molar-refractivity contribution in [2.75, 3.05) is 11.9 Å². The van der Waals surface area contributed by atoms with Crippen LogP contribution in [0, 0.1) is 12.8 Å². The van der Waals surface area contributed by atoms with E-state index in [1.807, 2.05) is 37.5 Å². The molecule has 0 spiro atoms. The van der Waals surface area contributed by atoms with Crippen LogP contribution in [0.5, 0.6) is 0 Å². The molecular weight excluding hydrogens is 288 g/mol. The maximum Gasteiger partial charge on any atom is 0.230 e. The molecule has 0 radical (unpaired) electrons. The number of carbonyl (C=O) groups is 1. The van der Waals surface area contributed by atoms with Gasteiger partial charge in [-0.25, -0.2) is 4.98 Å². The van der Waals surface area contributed by atoms with Crippen LogP contribution in [-0.2, 0) is 4.79 Å². The van der Waals surface area contributed by atoms with Crippen LogP contribution in [-0.4, -0.2) is 27.9 Å². The van der Waals surface area contributed by atoms with E-state index in [-0.39, 0.29) is 11.8 Å². The first-order valence-electron chi connectivity index (χ1n) is 7.81. The molecule has 4 rings (SSSR count). The van der Waals surface area contributed by atoms with Crippen LogP contribution in [0.1, 0.15) is 18.5 Å². The van der Waals surface area contributed by atoms with Gasteiger partial charge in [-0.2, -0.15) is 0 Å². The first-order valence-corrected chi connectivity index (χ1v) is 7.81. The van der Waals surface area contributed by atoms with Gasteiger partial charge in [0.25, 0.3) is 0 Å². The van der Waals surface area contributed by atoms with Crippen molar-refractivity contribution in [3.63, 3.8) is 0 Å². The Morgan fingerprint density at radius 2 is 2.09 bits per heavy atom. The van der Waals surface area contributed by atoms with Crippen molar-refractivity contribution in [2.24, 2.45) is 5.92 Å². The summed E-state index contributed by atoms with van der Waals surface area (Å²) in [7, 11) is 1.80. The predicted molar refractivity (Wildman–Crippen MR) is 90.2 cm³/mol. The summed E-state index contributed by atoms with van der Waals surface area (Å²) in [6.07, 6.45) is 5.62. The number of rotatable bonds is 3. The Labute approximate surface area is 134 Å². The van der Waals surface area contributed by atoms with Crippen LogP contribution >= 0.6 is 0 Å². The predicted octanol–water partition coefficient (Wildman–Crippen LogP) is 3.31. The van der Waals surface area contributed by atoms with E-state index in [4.69, 9.17) is 0 Å². The van der Waals surface area contributed by atoms with Gasteiger partial charge in [-0.1, -0.05) is 0 Å². The molecule has 0 unspecified atom stereocenters. The number of aromatic nitrogens is 3. The van der Waals surface area contributed by atoms with E-state index in [9.17, 15) is 4.79 Å². The van der Waals surface area contributed by atoms with Gasteiger partial charge < -0.3 is 4.98 Å². The van der Waals surface area contributed by atoms with Crippen LogP contribution in [0.4, 0.5) is 5.82 Å². The Kier molecular flexibility index (Phi) is 3.15. The summed E-state index contributed by atoms with van der Waals surface area (Å²) in [5, 5.41) is 1.03. The van der Waals surface area contributed by atoms with Gasteiger partial charge in [0.1, 0.15) is 5.82 Å². The number of hydrogen-bond acceptors (Lipinski definition) is 3. The average molecular weight is 306 g/mol. The molecule has 1 amide bonds.